The van der Waals surface area contributed by atoms with Crippen molar-refractivity contribution in [1.82, 2.24) is 0 Å². The van der Waals surface area contributed by atoms with Crippen LogP contribution in [0.25, 0.3) is 0 Å². The van der Waals surface area contributed by atoms with Gasteiger partial charge in [-0.05, 0) is 46.5 Å². The van der Waals surface area contributed by atoms with Gasteiger partial charge in [0.05, 0.1) is 10.2 Å². The van der Waals surface area contributed by atoms with Crippen molar-refractivity contribution in [3.8, 4) is 0 Å². The van der Waals surface area contributed by atoms with E-state index in [0.717, 1.165) is 24.5 Å². The molecule has 0 aliphatic rings. The molecule has 0 aliphatic carbocycles. The van der Waals surface area contributed by atoms with Crippen LogP contribution in [0.4, 0.5) is 14.5 Å². The first-order chi connectivity index (χ1) is 10.0. The van der Waals surface area contributed by atoms with E-state index in [9.17, 15) is 8.78 Å². The molecule has 0 amide bonds. The van der Waals surface area contributed by atoms with E-state index in [2.05, 4.69) is 40.3 Å². The molecule has 1 nitrogen and oxygen atoms in total. The number of rotatable bonds is 5. The van der Waals surface area contributed by atoms with Gasteiger partial charge in [-0.3, -0.25) is 0 Å². The van der Waals surface area contributed by atoms with E-state index in [1.54, 1.807) is 0 Å². The predicted molar refractivity (Wildman–Crippen MR) is 86.5 cm³/mol. The number of benzene rings is 2. The molecular formula is C17H18BrF2N. The Bertz CT molecular complexity index is 611. The maximum atomic E-state index is 13.7. The van der Waals surface area contributed by atoms with Crippen molar-refractivity contribution < 1.29 is 8.78 Å². The second kappa shape index (κ2) is 7.03. The zero-order valence-electron chi connectivity index (χ0n) is 12.1. The van der Waals surface area contributed by atoms with Crippen LogP contribution in [-0.2, 0) is 6.42 Å². The minimum Gasteiger partial charge on any atom is -0.376 e. The number of halogens is 3. The molecule has 112 valence electrons. The summed E-state index contributed by atoms with van der Waals surface area (Å²) in [5.41, 5.74) is 2.65. The molecule has 2 aromatic rings. The van der Waals surface area contributed by atoms with E-state index < -0.39 is 11.6 Å². The van der Waals surface area contributed by atoms with Gasteiger partial charge in [0.1, 0.15) is 11.6 Å². The van der Waals surface area contributed by atoms with Gasteiger partial charge in [0, 0.05) is 12.1 Å². The molecule has 0 fully saturated rings. The summed E-state index contributed by atoms with van der Waals surface area (Å²) in [6.45, 7) is 4.10. The van der Waals surface area contributed by atoms with Crippen LogP contribution in [-0.4, -0.2) is 0 Å². The Kier molecular flexibility index (Phi) is 5.34. The number of anilines is 1. The SMILES string of the molecule is CCCc1ccc(C(C)Nc2cc(Br)c(F)cc2F)cc1. The summed E-state index contributed by atoms with van der Waals surface area (Å²) < 4.78 is 27.2. The van der Waals surface area contributed by atoms with E-state index in [1.165, 1.54) is 11.6 Å². The molecule has 4 heteroatoms. The minimum absolute atomic E-state index is 0.0625. The molecule has 2 aromatic carbocycles. The second-order valence-electron chi connectivity index (χ2n) is 5.10. The molecule has 0 bridgehead atoms. The Hall–Kier alpha value is -1.42. The minimum atomic E-state index is -0.602. The fourth-order valence-electron chi connectivity index (χ4n) is 2.21. The van der Waals surface area contributed by atoms with Gasteiger partial charge < -0.3 is 5.32 Å². The van der Waals surface area contributed by atoms with Crippen LogP contribution in [0, 0.1) is 11.6 Å². The van der Waals surface area contributed by atoms with Crippen LogP contribution >= 0.6 is 15.9 Å². The highest BCUT2D eigenvalue weighted by Crippen LogP contribution is 2.27. The van der Waals surface area contributed by atoms with Crippen molar-refractivity contribution in [3.05, 3.63) is 63.6 Å². The molecule has 2 rings (SSSR count). The highest BCUT2D eigenvalue weighted by atomic mass is 79.9. The Balaban J connectivity index is 2.14. The molecule has 0 aliphatic heterocycles. The van der Waals surface area contributed by atoms with Gasteiger partial charge in [-0.25, -0.2) is 8.78 Å². The van der Waals surface area contributed by atoms with Gasteiger partial charge >= 0.3 is 0 Å². The molecule has 0 radical (unpaired) electrons. The Morgan fingerprint density at radius 1 is 1.10 bits per heavy atom. The molecule has 0 saturated carbocycles. The molecule has 0 heterocycles. The van der Waals surface area contributed by atoms with Crippen molar-refractivity contribution in [1.29, 1.82) is 0 Å². The normalized spacial score (nSPS) is 12.2. The van der Waals surface area contributed by atoms with E-state index in [0.29, 0.717) is 0 Å². The van der Waals surface area contributed by atoms with Crippen molar-refractivity contribution in [2.45, 2.75) is 32.7 Å². The smallest absolute Gasteiger partial charge is 0.149 e. The number of hydrogen-bond acceptors (Lipinski definition) is 1. The first-order valence-electron chi connectivity index (χ1n) is 7.01. The first-order valence-corrected chi connectivity index (χ1v) is 7.80. The Morgan fingerprint density at radius 2 is 1.76 bits per heavy atom. The lowest BCUT2D eigenvalue weighted by Gasteiger charge is -2.17. The number of aryl methyl sites for hydroxylation is 1. The molecule has 1 N–H and O–H groups in total. The lowest BCUT2D eigenvalue weighted by molar-refractivity contribution is 0.579. The number of nitrogens with one attached hydrogen (secondary N) is 1. The van der Waals surface area contributed by atoms with Gasteiger partial charge in [-0.1, -0.05) is 37.6 Å². The molecule has 21 heavy (non-hydrogen) atoms. The summed E-state index contributed by atoms with van der Waals surface area (Å²) in [5, 5.41) is 3.07. The van der Waals surface area contributed by atoms with Gasteiger partial charge in [0.15, 0.2) is 0 Å². The van der Waals surface area contributed by atoms with Crippen LogP contribution < -0.4 is 5.32 Å². The summed E-state index contributed by atoms with van der Waals surface area (Å²) in [7, 11) is 0. The average Bonchev–Trinajstić information content (AvgIpc) is 2.46. The zero-order chi connectivity index (χ0) is 15.4. The van der Waals surface area contributed by atoms with Gasteiger partial charge in [-0.2, -0.15) is 0 Å². The topological polar surface area (TPSA) is 12.0 Å². The summed E-state index contributed by atoms with van der Waals surface area (Å²) in [4.78, 5) is 0. The molecule has 0 saturated heterocycles. The summed E-state index contributed by atoms with van der Waals surface area (Å²) in [6, 6.07) is 10.5. The molecule has 1 atom stereocenters. The van der Waals surface area contributed by atoms with Crippen LogP contribution in [0.5, 0.6) is 0 Å². The van der Waals surface area contributed by atoms with Crippen molar-refractivity contribution in [3.63, 3.8) is 0 Å². The highest BCUT2D eigenvalue weighted by Gasteiger charge is 2.11. The molecule has 1 unspecified atom stereocenters. The summed E-state index contributed by atoms with van der Waals surface area (Å²) in [5.74, 6) is -1.19. The van der Waals surface area contributed by atoms with Crippen molar-refractivity contribution in [2.75, 3.05) is 5.32 Å². The third kappa shape index (κ3) is 4.03. The van der Waals surface area contributed by atoms with Gasteiger partial charge in [0.25, 0.3) is 0 Å². The quantitative estimate of drug-likeness (QED) is 0.664. The van der Waals surface area contributed by atoms with E-state index >= 15 is 0 Å². The largest absolute Gasteiger partial charge is 0.376 e. The van der Waals surface area contributed by atoms with Crippen molar-refractivity contribution >= 4 is 21.6 Å². The van der Waals surface area contributed by atoms with Gasteiger partial charge in [-0.15, -0.1) is 0 Å². The highest BCUT2D eigenvalue weighted by molar-refractivity contribution is 9.10. The maximum Gasteiger partial charge on any atom is 0.149 e. The Morgan fingerprint density at radius 3 is 2.38 bits per heavy atom. The number of hydrogen-bond donors (Lipinski definition) is 1. The fraction of sp³-hybridized carbons (Fsp3) is 0.294. The third-order valence-electron chi connectivity index (χ3n) is 3.40. The summed E-state index contributed by atoms with van der Waals surface area (Å²) in [6.07, 6.45) is 2.17. The second-order valence-corrected chi connectivity index (χ2v) is 5.96. The van der Waals surface area contributed by atoms with Crippen molar-refractivity contribution in [2.24, 2.45) is 0 Å². The standard InChI is InChI=1S/C17H18BrF2N/c1-3-4-12-5-7-13(8-6-12)11(2)21-17-9-14(18)15(19)10-16(17)20/h5-11,21H,3-4H2,1-2H3. The maximum absolute atomic E-state index is 13.7. The zero-order valence-corrected chi connectivity index (χ0v) is 13.7. The van der Waals surface area contributed by atoms with Crippen LogP contribution in [0.2, 0.25) is 0 Å². The predicted octanol–water partition coefficient (Wildman–Crippen LogP) is 5.85. The van der Waals surface area contributed by atoms with E-state index in [1.807, 2.05) is 19.1 Å². The monoisotopic (exact) mass is 353 g/mol. The third-order valence-corrected chi connectivity index (χ3v) is 4.01. The van der Waals surface area contributed by atoms with Crippen LogP contribution in [0.15, 0.2) is 40.9 Å². The Labute approximate surface area is 132 Å². The average molecular weight is 354 g/mol. The van der Waals surface area contributed by atoms with E-state index in [-0.39, 0.29) is 16.2 Å². The lowest BCUT2D eigenvalue weighted by Crippen LogP contribution is -2.08. The fourth-order valence-corrected chi connectivity index (χ4v) is 2.55. The lowest BCUT2D eigenvalue weighted by atomic mass is 10.0. The van der Waals surface area contributed by atoms with E-state index in [4.69, 9.17) is 0 Å². The van der Waals surface area contributed by atoms with Crippen LogP contribution in [0.3, 0.4) is 0 Å². The van der Waals surface area contributed by atoms with Gasteiger partial charge in [0.2, 0.25) is 0 Å². The molecule has 0 aromatic heterocycles. The summed E-state index contributed by atoms with van der Waals surface area (Å²) >= 11 is 3.07. The molecular weight excluding hydrogens is 336 g/mol. The molecule has 0 spiro atoms. The van der Waals surface area contributed by atoms with Crippen LogP contribution in [0.1, 0.15) is 37.4 Å². The first kappa shape index (κ1) is 16.0.